The van der Waals surface area contributed by atoms with Crippen LogP contribution in [0.1, 0.15) is 34.6 Å². The lowest BCUT2D eigenvalue weighted by Crippen LogP contribution is -2.67. The van der Waals surface area contributed by atoms with E-state index in [9.17, 15) is 24.0 Å². The topological polar surface area (TPSA) is 165 Å². The van der Waals surface area contributed by atoms with Gasteiger partial charge < -0.3 is 39.1 Å². The van der Waals surface area contributed by atoms with Gasteiger partial charge in [-0.05, 0) is 13.8 Å². The summed E-state index contributed by atoms with van der Waals surface area (Å²) < 4.78 is 31.4. The monoisotopic (exact) mass is 462 g/mol. The van der Waals surface area contributed by atoms with E-state index in [4.69, 9.17) is 28.4 Å². The fraction of sp³-hybridized carbons (Fsp3) is 0.737. The normalized spacial score (nSPS) is 25.6. The molecule has 0 aromatic carbocycles. The number of urea groups is 1. The van der Waals surface area contributed by atoms with Gasteiger partial charge in [-0.2, -0.15) is 0 Å². The lowest BCUT2D eigenvalue weighted by atomic mass is 9.96. The van der Waals surface area contributed by atoms with E-state index in [0.29, 0.717) is 0 Å². The minimum Gasteiger partial charge on any atom is -0.464 e. The van der Waals surface area contributed by atoms with Gasteiger partial charge in [0.25, 0.3) is 0 Å². The van der Waals surface area contributed by atoms with Gasteiger partial charge >= 0.3 is 29.9 Å². The molecule has 1 heterocycles. The van der Waals surface area contributed by atoms with Crippen molar-refractivity contribution in [2.45, 2.75) is 71.3 Å². The zero-order valence-corrected chi connectivity index (χ0v) is 18.9. The molecule has 0 saturated carbocycles. The van der Waals surface area contributed by atoms with Crippen LogP contribution in [0.5, 0.6) is 0 Å². The SMILES string of the molecule is CCOC(=O)[C@H](C)NC(=O)N[C@H]1[C@H](OC)O[C@H](COC(C)=O)[C@@H](OC(C)=O)[C@@H]1OC(C)=O. The van der Waals surface area contributed by atoms with Crippen LogP contribution in [0.2, 0.25) is 0 Å². The molecule has 0 aliphatic carbocycles. The van der Waals surface area contributed by atoms with Gasteiger partial charge in [0, 0.05) is 27.9 Å². The summed E-state index contributed by atoms with van der Waals surface area (Å²) in [5, 5.41) is 4.89. The minimum atomic E-state index is -1.26. The van der Waals surface area contributed by atoms with E-state index < -0.39 is 66.6 Å². The summed E-state index contributed by atoms with van der Waals surface area (Å²) in [6, 6.07) is -2.96. The molecule has 13 heteroatoms. The van der Waals surface area contributed by atoms with Crippen molar-refractivity contribution in [3.05, 3.63) is 0 Å². The van der Waals surface area contributed by atoms with Crippen molar-refractivity contribution in [2.24, 2.45) is 0 Å². The summed E-state index contributed by atoms with van der Waals surface area (Å²) in [7, 11) is 1.28. The molecule has 32 heavy (non-hydrogen) atoms. The third kappa shape index (κ3) is 8.30. The third-order valence-corrected chi connectivity index (χ3v) is 4.22. The molecule has 1 aliphatic heterocycles. The standard InChI is InChI=1S/C19H30N2O11/c1-7-28-17(25)9(2)20-19(26)21-14-16(31-12(5)24)15(30-11(4)23)13(8-29-10(3)22)32-18(14)27-6/h9,13-16,18H,7-8H2,1-6H3,(H2,20,21,26)/t9-,13+,14+,15+,16+,18+/m0/s1. The van der Waals surface area contributed by atoms with Crippen molar-refractivity contribution in [2.75, 3.05) is 20.3 Å². The molecule has 1 fully saturated rings. The van der Waals surface area contributed by atoms with Gasteiger partial charge in [0.05, 0.1) is 6.61 Å². The zero-order chi connectivity index (χ0) is 24.4. The average Bonchev–Trinajstić information content (AvgIpc) is 2.68. The highest BCUT2D eigenvalue weighted by atomic mass is 16.7. The predicted molar refractivity (Wildman–Crippen MR) is 105 cm³/mol. The molecule has 0 radical (unpaired) electrons. The molecular weight excluding hydrogens is 432 g/mol. The maximum atomic E-state index is 12.5. The number of carbonyl (C=O) groups is 5. The lowest BCUT2D eigenvalue weighted by Gasteiger charge is -2.44. The quantitative estimate of drug-likeness (QED) is 0.332. The summed E-state index contributed by atoms with van der Waals surface area (Å²) in [6.07, 6.45) is -4.75. The molecule has 0 aromatic rings. The summed E-state index contributed by atoms with van der Waals surface area (Å²) in [4.78, 5) is 58.9. The van der Waals surface area contributed by atoms with Gasteiger partial charge in [-0.15, -0.1) is 0 Å². The average molecular weight is 462 g/mol. The van der Waals surface area contributed by atoms with E-state index in [-0.39, 0.29) is 13.2 Å². The highest BCUT2D eigenvalue weighted by molar-refractivity contribution is 5.83. The Morgan fingerprint density at radius 1 is 0.938 bits per heavy atom. The molecule has 13 nitrogen and oxygen atoms in total. The molecule has 0 unspecified atom stereocenters. The Bertz CT molecular complexity index is 699. The summed E-state index contributed by atoms with van der Waals surface area (Å²) in [5.74, 6) is -2.72. The Balaban J connectivity index is 3.14. The largest absolute Gasteiger partial charge is 0.464 e. The molecule has 1 saturated heterocycles. The van der Waals surface area contributed by atoms with Crippen molar-refractivity contribution < 1.29 is 52.4 Å². The summed E-state index contributed by atoms with van der Waals surface area (Å²) in [5.41, 5.74) is 0. The molecule has 0 bridgehead atoms. The lowest BCUT2D eigenvalue weighted by molar-refractivity contribution is -0.270. The number of amides is 2. The number of carbonyl (C=O) groups excluding carboxylic acids is 5. The maximum Gasteiger partial charge on any atom is 0.328 e. The second-order valence-electron chi connectivity index (χ2n) is 6.85. The molecule has 6 atom stereocenters. The van der Waals surface area contributed by atoms with Crippen LogP contribution in [0.25, 0.3) is 0 Å². The summed E-state index contributed by atoms with van der Waals surface area (Å²) >= 11 is 0. The van der Waals surface area contributed by atoms with Gasteiger partial charge in [0.1, 0.15) is 24.8 Å². The van der Waals surface area contributed by atoms with Gasteiger partial charge in [0.15, 0.2) is 18.5 Å². The van der Waals surface area contributed by atoms with Crippen LogP contribution in [0.4, 0.5) is 4.79 Å². The molecule has 182 valence electrons. The van der Waals surface area contributed by atoms with Crippen LogP contribution in [0, 0.1) is 0 Å². The van der Waals surface area contributed by atoms with E-state index in [1.807, 2.05) is 0 Å². The molecule has 0 spiro atoms. The molecule has 2 N–H and O–H groups in total. The van der Waals surface area contributed by atoms with Gasteiger partial charge in [0.2, 0.25) is 0 Å². The molecule has 1 aliphatic rings. The van der Waals surface area contributed by atoms with Gasteiger partial charge in [-0.25, -0.2) is 9.59 Å². The second kappa shape index (κ2) is 12.8. The van der Waals surface area contributed by atoms with E-state index in [1.54, 1.807) is 6.92 Å². The highest BCUT2D eigenvalue weighted by Crippen LogP contribution is 2.27. The first-order valence-corrected chi connectivity index (χ1v) is 9.89. The highest BCUT2D eigenvalue weighted by Gasteiger charge is 2.51. The van der Waals surface area contributed by atoms with Crippen molar-refractivity contribution in [1.29, 1.82) is 0 Å². The minimum absolute atomic E-state index is 0.136. The van der Waals surface area contributed by atoms with Crippen molar-refractivity contribution >= 4 is 29.9 Å². The van der Waals surface area contributed by atoms with Gasteiger partial charge in [-0.3, -0.25) is 14.4 Å². The van der Waals surface area contributed by atoms with Crippen LogP contribution in [-0.4, -0.2) is 86.9 Å². The Kier molecular flexibility index (Phi) is 10.9. The van der Waals surface area contributed by atoms with E-state index in [2.05, 4.69) is 10.6 Å². The number of hydrogen-bond donors (Lipinski definition) is 2. The van der Waals surface area contributed by atoms with Crippen LogP contribution in [0.15, 0.2) is 0 Å². The molecule has 2 amide bonds. The molecular formula is C19H30N2O11. The van der Waals surface area contributed by atoms with Crippen LogP contribution < -0.4 is 10.6 Å². The Hall–Kier alpha value is -2.93. The number of rotatable bonds is 9. The first-order chi connectivity index (χ1) is 15.0. The summed E-state index contributed by atoms with van der Waals surface area (Å²) in [6.45, 7) is 6.29. The smallest absolute Gasteiger partial charge is 0.328 e. The Labute approximate surface area is 185 Å². The Morgan fingerprint density at radius 3 is 2.03 bits per heavy atom. The number of methoxy groups -OCH3 is 1. The first-order valence-electron chi connectivity index (χ1n) is 9.89. The van der Waals surface area contributed by atoms with Crippen molar-refractivity contribution in [3.63, 3.8) is 0 Å². The number of ether oxygens (including phenoxy) is 6. The molecule has 0 aromatic heterocycles. The number of hydrogen-bond acceptors (Lipinski definition) is 11. The maximum absolute atomic E-state index is 12.5. The van der Waals surface area contributed by atoms with E-state index >= 15 is 0 Å². The first kappa shape index (κ1) is 27.1. The van der Waals surface area contributed by atoms with E-state index in [1.165, 1.54) is 21.0 Å². The molecule has 1 rings (SSSR count). The fourth-order valence-electron chi connectivity index (χ4n) is 2.97. The van der Waals surface area contributed by atoms with Crippen molar-refractivity contribution in [3.8, 4) is 0 Å². The van der Waals surface area contributed by atoms with Crippen LogP contribution in [0.3, 0.4) is 0 Å². The number of esters is 4. The van der Waals surface area contributed by atoms with E-state index in [0.717, 1.165) is 13.8 Å². The second-order valence-corrected chi connectivity index (χ2v) is 6.85. The van der Waals surface area contributed by atoms with Crippen LogP contribution in [-0.2, 0) is 47.6 Å². The van der Waals surface area contributed by atoms with Crippen molar-refractivity contribution in [1.82, 2.24) is 10.6 Å². The predicted octanol–water partition coefficient (Wildman–Crippen LogP) is -0.596. The van der Waals surface area contributed by atoms with Crippen LogP contribution >= 0.6 is 0 Å². The zero-order valence-electron chi connectivity index (χ0n) is 18.9. The fourth-order valence-corrected chi connectivity index (χ4v) is 2.97. The van der Waals surface area contributed by atoms with Gasteiger partial charge in [-0.1, -0.05) is 0 Å². The third-order valence-electron chi connectivity index (χ3n) is 4.22. The number of nitrogens with one attached hydrogen (secondary N) is 2. The Morgan fingerprint density at radius 2 is 1.53 bits per heavy atom.